The summed E-state index contributed by atoms with van der Waals surface area (Å²) in [4.78, 5) is 29.2. The molecule has 0 N–H and O–H groups in total. The number of benzene rings is 1. The summed E-state index contributed by atoms with van der Waals surface area (Å²) < 4.78 is 25.5. The number of hydrogen-bond acceptors (Lipinski definition) is 9. The molecule has 0 spiro atoms. The van der Waals surface area contributed by atoms with Gasteiger partial charge in [-0.25, -0.2) is 23.1 Å². The minimum atomic E-state index is -3.39. The van der Waals surface area contributed by atoms with Gasteiger partial charge in [0.05, 0.1) is 11.3 Å². The lowest BCUT2D eigenvalue weighted by atomic mass is 9.87. The zero-order valence-electron chi connectivity index (χ0n) is 23.4. The van der Waals surface area contributed by atoms with E-state index in [-0.39, 0.29) is 29.2 Å². The van der Waals surface area contributed by atoms with E-state index in [2.05, 4.69) is 59.9 Å². The van der Waals surface area contributed by atoms with E-state index in [1.807, 2.05) is 17.7 Å². The molecule has 2 aromatic heterocycles. The number of amides is 1. The van der Waals surface area contributed by atoms with E-state index in [4.69, 9.17) is 9.97 Å². The molecular formula is C27H36N8O3S. The summed E-state index contributed by atoms with van der Waals surface area (Å²) >= 11 is 0. The van der Waals surface area contributed by atoms with Gasteiger partial charge in [-0.2, -0.15) is 0 Å². The van der Waals surface area contributed by atoms with Crippen molar-refractivity contribution in [3.8, 4) is 0 Å². The van der Waals surface area contributed by atoms with E-state index >= 15 is 0 Å². The summed E-state index contributed by atoms with van der Waals surface area (Å²) in [5.41, 5.74) is 3.73. The Morgan fingerprint density at radius 3 is 2.49 bits per heavy atom. The van der Waals surface area contributed by atoms with Gasteiger partial charge in [0.1, 0.15) is 28.2 Å². The third-order valence-corrected chi connectivity index (χ3v) is 11.4. The van der Waals surface area contributed by atoms with Crippen LogP contribution in [0.25, 0.3) is 11.0 Å². The molecule has 3 aromatic rings. The number of rotatable bonds is 4. The molecule has 12 heteroatoms. The van der Waals surface area contributed by atoms with E-state index < -0.39 is 14.6 Å². The van der Waals surface area contributed by atoms with Crippen LogP contribution < -0.4 is 9.80 Å². The van der Waals surface area contributed by atoms with Crippen LogP contribution in [0, 0.1) is 0 Å². The first-order valence-electron chi connectivity index (χ1n) is 13.6. The highest BCUT2D eigenvalue weighted by atomic mass is 32.2. The summed E-state index contributed by atoms with van der Waals surface area (Å²) in [6.45, 7) is 14.6. The van der Waals surface area contributed by atoms with Crippen LogP contribution in [-0.2, 0) is 26.6 Å². The van der Waals surface area contributed by atoms with Gasteiger partial charge in [0.25, 0.3) is 0 Å². The zero-order valence-corrected chi connectivity index (χ0v) is 24.2. The first-order valence-corrected chi connectivity index (χ1v) is 15.3. The molecule has 1 amide bonds. The van der Waals surface area contributed by atoms with Gasteiger partial charge in [0, 0.05) is 54.9 Å². The molecule has 39 heavy (non-hydrogen) atoms. The van der Waals surface area contributed by atoms with Gasteiger partial charge in [0.15, 0.2) is 9.84 Å². The van der Waals surface area contributed by atoms with Gasteiger partial charge < -0.3 is 14.7 Å². The van der Waals surface area contributed by atoms with Gasteiger partial charge in [-0.05, 0) is 52.3 Å². The number of carbonyl (C=O) groups excluding carboxylic acids is 1. The van der Waals surface area contributed by atoms with Crippen LogP contribution in [-0.4, -0.2) is 86.4 Å². The molecule has 208 valence electrons. The normalized spacial score (nSPS) is 27.5. The van der Waals surface area contributed by atoms with Gasteiger partial charge in [-0.15, -0.1) is 5.10 Å². The molecule has 1 aromatic carbocycles. The fourth-order valence-corrected chi connectivity index (χ4v) is 7.87. The Hall–Kier alpha value is -3.28. The summed E-state index contributed by atoms with van der Waals surface area (Å²) in [6.07, 6.45) is 2.01. The number of carbonyl (C=O) groups is 1. The molecule has 0 radical (unpaired) electrons. The molecule has 3 aliphatic rings. The van der Waals surface area contributed by atoms with Crippen molar-refractivity contribution in [3.63, 3.8) is 0 Å². The van der Waals surface area contributed by atoms with Crippen LogP contribution in [0.4, 0.5) is 17.3 Å². The van der Waals surface area contributed by atoms with Gasteiger partial charge in [-0.1, -0.05) is 19.1 Å². The predicted molar refractivity (Wildman–Crippen MR) is 150 cm³/mol. The smallest absolute Gasteiger partial charge is 0.244 e. The third-order valence-electron chi connectivity index (χ3n) is 8.91. The van der Waals surface area contributed by atoms with Crippen molar-refractivity contribution >= 4 is 44.1 Å². The first kappa shape index (κ1) is 26.0. The number of fused-ring (bicyclic) bond motifs is 2. The second-order valence-corrected chi connectivity index (χ2v) is 14.6. The highest BCUT2D eigenvalue weighted by molar-refractivity contribution is 7.95. The van der Waals surface area contributed by atoms with Crippen molar-refractivity contribution in [1.29, 1.82) is 0 Å². The van der Waals surface area contributed by atoms with Crippen molar-refractivity contribution in [3.05, 3.63) is 30.1 Å². The number of anilines is 3. The molecular weight excluding hydrogens is 516 g/mol. The quantitative estimate of drug-likeness (QED) is 0.481. The average molecular weight is 553 g/mol. The lowest BCUT2D eigenvalue weighted by molar-refractivity contribution is -0.137. The minimum Gasteiger partial charge on any atom is -0.350 e. The van der Waals surface area contributed by atoms with Gasteiger partial charge in [-0.3, -0.25) is 4.79 Å². The molecule has 11 nitrogen and oxygen atoms in total. The van der Waals surface area contributed by atoms with E-state index in [0.29, 0.717) is 19.5 Å². The standard InChI is InChI=1S/C27H36N8O3S/c1-7-35-21-12-19(8-9-20(21)30-31-35)34-15-26(4,5)22-23(28-16-29-24(22)34)32-13-18(3)33(14-17(32)2)25(36)27(6)10-11-39(27,37)38/h8-9,12,16-18H,7,10-11,13-15H2,1-6H3/t17-,18+,27?/m0/s1. The van der Waals surface area contributed by atoms with Crippen LogP contribution >= 0.6 is 0 Å². The van der Waals surface area contributed by atoms with Crippen LogP contribution in [0.5, 0.6) is 0 Å². The van der Waals surface area contributed by atoms with Crippen molar-refractivity contribution in [2.75, 3.05) is 35.2 Å². The molecule has 2 fully saturated rings. The van der Waals surface area contributed by atoms with Crippen molar-refractivity contribution in [2.24, 2.45) is 0 Å². The van der Waals surface area contributed by atoms with E-state index in [9.17, 15) is 13.2 Å². The number of sulfone groups is 1. The molecule has 3 atom stereocenters. The minimum absolute atomic E-state index is 0.0401. The lowest BCUT2D eigenvalue weighted by Crippen LogP contribution is -2.66. The number of piperazine rings is 1. The maximum atomic E-state index is 13.4. The van der Waals surface area contributed by atoms with Crippen LogP contribution in [0.1, 0.15) is 53.5 Å². The Labute approximate surface area is 229 Å². The Kier molecular flexibility index (Phi) is 5.73. The average Bonchev–Trinajstić information content (AvgIpc) is 3.45. The SMILES string of the molecule is CCn1nnc2ccc(N3CC(C)(C)c4c3ncnc4N3C[C@@H](C)N(C(=O)C4(C)CCS4(=O)=O)C[C@@H]3C)cc21. The highest BCUT2D eigenvalue weighted by Crippen LogP contribution is 2.47. The molecule has 3 aliphatic heterocycles. The van der Waals surface area contributed by atoms with Crippen molar-refractivity contribution < 1.29 is 13.2 Å². The molecule has 6 rings (SSSR count). The van der Waals surface area contributed by atoms with Crippen LogP contribution in [0.2, 0.25) is 0 Å². The van der Waals surface area contributed by atoms with Crippen LogP contribution in [0.3, 0.4) is 0 Å². The number of aromatic nitrogens is 5. The summed E-state index contributed by atoms with van der Waals surface area (Å²) in [6, 6.07) is 5.99. The number of nitrogens with zero attached hydrogens (tertiary/aromatic N) is 8. The Bertz CT molecular complexity index is 1580. The Morgan fingerprint density at radius 2 is 1.82 bits per heavy atom. The number of hydrogen-bond donors (Lipinski definition) is 0. The first-order chi connectivity index (χ1) is 18.4. The fourth-order valence-electron chi connectivity index (χ4n) is 6.34. The molecule has 0 aliphatic carbocycles. The maximum Gasteiger partial charge on any atom is 0.244 e. The zero-order chi connectivity index (χ0) is 27.9. The second-order valence-electron chi connectivity index (χ2n) is 12.1. The van der Waals surface area contributed by atoms with Crippen molar-refractivity contribution in [1.82, 2.24) is 29.9 Å². The molecule has 0 saturated carbocycles. The second kappa shape index (κ2) is 8.61. The predicted octanol–water partition coefficient (Wildman–Crippen LogP) is 2.67. The summed E-state index contributed by atoms with van der Waals surface area (Å²) in [5.74, 6) is 1.57. The lowest BCUT2D eigenvalue weighted by Gasteiger charge is -2.49. The Balaban J connectivity index is 1.33. The van der Waals surface area contributed by atoms with E-state index in [1.165, 1.54) is 0 Å². The highest BCUT2D eigenvalue weighted by Gasteiger charge is 2.57. The topological polar surface area (TPSA) is 117 Å². The van der Waals surface area contributed by atoms with Gasteiger partial charge in [0.2, 0.25) is 5.91 Å². The monoisotopic (exact) mass is 552 g/mol. The molecule has 5 heterocycles. The molecule has 1 unspecified atom stereocenters. The maximum absolute atomic E-state index is 13.4. The largest absolute Gasteiger partial charge is 0.350 e. The molecule has 0 bridgehead atoms. The number of aryl methyl sites for hydroxylation is 1. The van der Waals surface area contributed by atoms with Crippen LogP contribution in [0.15, 0.2) is 24.5 Å². The van der Waals surface area contributed by atoms with E-state index in [1.54, 1.807) is 18.2 Å². The van der Waals surface area contributed by atoms with E-state index in [0.717, 1.165) is 47.0 Å². The van der Waals surface area contributed by atoms with Crippen molar-refractivity contribution in [2.45, 2.75) is 76.8 Å². The third kappa shape index (κ3) is 3.74. The molecule has 2 saturated heterocycles. The summed E-state index contributed by atoms with van der Waals surface area (Å²) in [7, 11) is -3.39. The van der Waals surface area contributed by atoms with Gasteiger partial charge >= 0.3 is 0 Å². The Morgan fingerprint density at radius 1 is 1.08 bits per heavy atom. The summed E-state index contributed by atoms with van der Waals surface area (Å²) in [5, 5.41) is 8.52. The fraction of sp³-hybridized carbons (Fsp3) is 0.593.